The van der Waals surface area contributed by atoms with Gasteiger partial charge in [0.1, 0.15) is 5.75 Å². The van der Waals surface area contributed by atoms with Crippen molar-refractivity contribution in [1.29, 1.82) is 0 Å². The van der Waals surface area contributed by atoms with Crippen molar-refractivity contribution in [3.8, 4) is 5.75 Å². The van der Waals surface area contributed by atoms with E-state index in [4.69, 9.17) is 0 Å². The minimum absolute atomic E-state index is 0.215. The Morgan fingerprint density at radius 3 is 2.45 bits per heavy atom. The summed E-state index contributed by atoms with van der Waals surface area (Å²) in [6.07, 6.45) is 0.966. The first-order valence-electron chi connectivity index (χ1n) is 7.00. The van der Waals surface area contributed by atoms with Crippen molar-refractivity contribution in [2.24, 2.45) is 0 Å². The smallest absolute Gasteiger partial charge is 0.120 e. The van der Waals surface area contributed by atoms with Crippen LogP contribution in [0, 0.1) is 0 Å². The maximum Gasteiger partial charge on any atom is 0.120 e. The molecule has 0 bridgehead atoms. The van der Waals surface area contributed by atoms with Crippen LogP contribution in [0.4, 0.5) is 0 Å². The monoisotopic (exact) mass is 287 g/mol. The number of benzene rings is 2. The van der Waals surface area contributed by atoms with Crippen LogP contribution in [0.2, 0.25) is 0 Å². The van der Waals surface area contributed by atoms with Gasteiger partial charge in [0, 0.05) is 28.8 Å². The molecule has 2 nitrogen and oxygen atoms in total. The van der Waals surface area contributed by atoms with Crippen molar-refractivity contribution in [1.82, 2.24) is 5.32 Å². The van der Waals surface area contributed by atoms with Crippen LogP contribution in [0.15, 0.2) is 59.5 Å². The van der Waals surface area contributed by atoms with Gasteiger partial charge < -0.3 is 10.4 Å². The SMILES string of the molecule is CCC(NCCSc1ccccc1)c1ccccc1O. The molecule has 0 aliphatic carbocycles. The minimum atomic E-state index is 0.215. The molecule has 0 saturated carbocycles. The highest BCUT2D eigenvalue weighted by Gasteiger charge is 2.11. The van der Waals surface area contributed by atoms with Gasteiger partial charge in [-0.25, -0.2) is 0 Å². The number of thioether (sulfide) groups is 1. The van der Waals surface area contributed by atoms with E-state index < -0.39 is 0 Å². The van der Waals surface area contributed by atoms with Gasteiger partial charge >= 0.3 is 0 Å². The molecule has 2 N–H and O–H groups in total. The van der Waals surface area contributed by atoms with E-state index in [2.05, 4.69) is 36.5 Å². The topological polar surface area (TPSA) is 32.3 Å². The first-order valence-corrected chi connectivity index (χ1v) is 7.99. The van der Waals surface area contributed by atoms with Crippen molar-refractivity contribution in [2.45, 2.75) is 24.3 Å². The molecule has 2 rings (SSSR count). The van der Waals surface area contributed by atoms with E-state index in [0.29, 0.717) is 5.75 Å². The molecule has 1 atom stereocenters. The summed E-state index contributed by atoms with van der Waals surface area (Å²) >= 11 is 1.85. The van der Waals surface area contributed by atoms with Crippen molar-refractivity contribution >= 4 is 11.8 Å². The molecule has 0 aliphatic rings. The van der Waals surface area contributed by atoms with E-state index in [0.717, 1.165) is 24.3 Å². The Kier molecular flexibility index (Phi) is 5.96. The van der Waals surface area contributed by atoms with Gasteiger partial charge in [0.2, 0.25) is 0 Å². The fourth-order valence-electron chi connectivity index (χ4n) is 2.18. The third-order valence-electron chi connectivity index (χ3n) is 3.23. The summed E-state index contributed by atoms with van der Waals surface area (Å²) in [7, 11) is 0. The summed E-state index contributed by atoms with van der Waals surface area (Å²) in [6.45, 7) is 3.06. The molecule has 0 fully saturated rings. The van der Waals surface area contributed by atoms with Crippen LogP contribution in [0.1, 0.15) is 24.9 Å². The maximum atomic E-state index is 9.90. The van der Waals surface area contributed by atoms with Gasteiger partial charge in [0.05, 0.1) is 0 Å². The standard InChI is InChI=1S/C17H21NOS/c1-2-16(15-10-6-7-11-17(15)19)18-12-13-20-14-8-4-3-5-9-14/h3-11,16,18-19H,2,12-13H2,1H3. The molecule has 2 aromatic carbocycles. The molecule has 2 aromatic rings. The molecule has 20 heavy (non-hydrogen) atoms. The lowest BCUT2D eigenvalue weighted by molar-refractivity contribution is 0.445. The third-order valence-corrected chi connectivity index (χ3v) is 4.24. The van der Waals surface area contributed by atoms with E-state index in [-0.39, 0.29) is 6.04 Å². The molecule has 3 heteroatoms. The van der Waals surface area contributed by atoms with Crippen LogP contribution in [0.3, 0.4) is 0 Å². The van der Waals surface area contributed by atoms with Crippen LogP contribution in [0.25, 0.3) is 0 Å². The molecular weight excluding hydrogens is 266 g/mol. The summed E-state index contributed by atoms with van der Waals surface area (Å²) in [4.78, 5) is 1.30. The lowest BCUT2D eigenvalue weighted by Gasteiger charge is -2.18. The van der Waals surface area contributed by atoms with E-state index >= 15 is 0 Å². The second-order valence-electron chi connectivity index (χ2n) is 4.64. The molecule has 0 spiro atoms. The number of phenols is 1. The molecule has 106 valence electrons. The number of hydrogen-bond donors (Lipinski definition) is 2. The van der Waals surface area contributed by atoms with Crippen molar-refractivity contribution < 1.29 is 5.11 Å². The van der Waals surface area contributed by atoms with E-state index in [1.54, 1.807) is 6.07 Å². The highest BCUT2D eigenvalue weighted by Crippen LogP contribution is 2.25. The van der Waals surface area contributed by atoms with Crippen molar-refractivity contribution in [2.75, 3.05) is 12.3 Å². The number of para-hydroxylation sites is 1. The zero-order chi connectivity index (χ0) is 14.2. The molecule has 0 heterocycles. The normalized spacial score (nSPS) is 12.2. The van der Waals surface area contributed by atoms with Gasteiger partial charge in [-0.15, -0.1) is 11.8 Å². The van der Waals surface area contributed by atoms with E-state index in [1.165, 1.54) is 4.90 Å². The molecule has 0 amide bonds. The number of nitrogens with one attached hydrogen (secondary N) is 1. The van der Waals surface area contributed by atoms with Gasteiger partial charge in [0.15, 0.2) is 0 Å². The molecule has 0 aliphatic heterocycles. The molecule has 0 radical (unpaired) electrons. The Hall–Kier alpha value is -1.45. The quantitative estimate of drug-likeness (QED) is 0.590. The summed E-state index contributed by atoms with van der Waals surface area (Å²) in [6, 6.07) is 18.2. The predicted octanol–water partition coefficient (Wildman–Crippen LogP) is 4.23. The van der Waals surface area contributed by atoms with Crippen molar-refractivity contribution in [3.05, 3.63) is 60.2 Å². The fourth-order valence-corrected chi connectivity index (χ4v) is 2.98. The molecule has 1 unspecified atom stereocenters. The van der Waals surface area contributed by atoms with Crippen LogP contribution >= 0.6 is 11.8 Å². The van der Waals surface area contributed by atoms with Gasteiger partial charge in [-0.2, -0.15) is 0 Å². The first kappa shape index (κ1) is 14.9. The lowest BCUT2D eigenvalue weighted by Crippen LogP contribution is -2.23. The maximum absolute atomic E-state index is 9.90. The van der Waals surface area contributed by atoms with Crippen LogP contribution in [-0.2, 0) is 0 Å². The molecule has 0 saturated heterocycles. The zero-order valence-electron chi connectivity index (χ0n) is 11.8. The second-order valence-corrected chi connectivity index (χ2v) is 5.80. The van der Waals surface area contributed by atoms with Crippen LogP contribution in [-0.4, -0.2) is 17.4 Å². The lowest BCUT2D eigenvalue weighted by atomic mass is 10.0. The fraction of sp³-hybridized carbons (Fsp3) is 0.294. The van der Waals surface area contributed by atoms with Gasteiger partial charge in [-0.05, 0) is 24.6 Å². The Bertz CT molecular complexity index is 515. The zero-order valence-corrected chi connectivity index (χ0v) is 12.6. The predicted molar refractivity (Wildman–Crippen MR) is 86.3 cm³/mol. The Balaban J connectivity index is 1.81. The first-order chi connectivity index (χ1) is 9.81. The molecule has 0 aromatic heterocycles. The second kappa shape index (κ2) is 7.98. The third kappa shape index (κ3) is 4.29. The van der Waals surface area contributed by atoms with E-state index in [1.807, 2.05) is 36.0 Å². The Morgan fingerprint density at radius 2 is 1.75 bits per heavy atom. The highest BCUT2D eigenvalue weighted by molar-refractivity contribution is 7.99. The largest absolute Gasteiger partial charge is 0.508 e. The van der Waals surface area contributed by atoms with Crippen LogP contribution < -0.4 is 5.32 Å². The number of phenolic OH excluding ortho intramolecular Hbond substituents is 1. The van der Waals surface area contributed by atoms with Gasteiger partial charge in [-0.1, -0.05) is 43.3 Å². The van der Waals surface area contributed by atoms with Crippen molar-refractivity contribution in [3.63, 3.8) is 0 Å². The highest BCUT2D eigenvalue weighted by atomic mass is 32.2. The van der Waals surface area contributed by atoms with Gasteiger partial charge in [-0.3, -0.25) is 0 Å². The van der Waals surface area contributed by atoms with Gasteiger partial charge in [0.25, 0.3) is 0 Å². The van der Waals surface area contributed by atoms with Crippen LogP contribution in [0.5, 0.6) is 5.75 Å². The number of rotatable bonds is 7. The summed E-state index contributed by atoms with van der Waals surface area (Å²) < 4.78 is 0. The minimum Gasteiger partial charge on any atom is -0.508 e. The Morgan fingerprint density at radius 1 is 1.05 bits per heavy atom. The molecular formula is C17H21NOS. The average Bonchev–Trinajstić information content (AvgIpc) is 2.50. The Labute approximate surface area is 125 Å². The number of hydrogen-bond acceptors (Lipinski definition) is 3. The average molecular weight is 287 g/mol. The number of aromatic hydroxyl groups is 1. The summed E-state index contributed by atoms with van der Waals surface area (Å²) in [5.74, 6) is 1.40. The van der Waals surface area contributed by atoms with E-state index in [9.17, 15) is 5.11 Å². The summed E-state index contributed by atoms with van der Waals surface area (Å²) in [5.41, 5.74) is 0.986. The summed E-state index contributed by atoms with van der Waals surface area (Å²) in [5, 5.41) is 13.4.